The summed E-state index contributed by atoms with van der Waals surface area (Å²) >= 11 is 0. The molecule has 0 saturated carbocycles. The zero-order valence-electron chi connectivity index (χ0n) is 12.6. The Labute approximate surface area is 129 Å². The Hall–Kier alpha value is -3.06. The molecule has 0 aliphatic heterocycles. The fourth-order valence-corrected chi connectivity index (χ4v) is 2.56. The molecular formula is C18H16N4. The van der Waals surface area contributed by atoms with Gasteiger partial charge in [0.2, 0.25) is 0 Å². The van der Waals surface area contributed by atoms with Gasteiger partial charge in [-0.3, -0.25) is 4.98 Å². The normalized spacial score (nSPS) is 10.4. The number of nitriles is 1. The first-order chi connectivity index (χ1) is 10.6. The molecule has 2 aromatic heterocycles. The van der Waals surface area contributed by atoms with Gasteiger partial charge in [-0.05, 0) is 43.2 Å². The van der Waals surface area contributed by atoms with Crippen molar-refractivity contribution in [1.29, 1.82) is 5.26 Å². The van der Waals surface area contributed by atoms with E-state index in [-0.39, 0.29) is 0 Å². The molecule has 0 saturated heterocycles. The molecule has 22 heavy (non-hydrogen) atoms. The number of fused-ring (bicyclic) bond motifs is 1. The van der Waals surface area contributed by atoms with Crippen LogP contribution in [0.4, 0.5) is 11.4 Å². The van der Waals surface area contributed by atoms with E-state index in [4.69, 9.17) is 0 Å². The van der Waals surface area contributed by atoms with Crippen LogP contribution in [0.1, 0.15) is 23.6 Å². The summed E-state index contributed by atoms with van der Waals surface area (Å²) < 4.78 is 0. The van der Waals surface area contributed by atoms with Crippen LogP contribution < -0.4 is 5.32 Å². The monoisotopic (exact) mass is 288 g/mol. The number of aryl methyl sites for hydroxylation is 1. The Morgan fingerprint density at radius 2 is 2.14 bits per heavy atom. The van der Waals surface area contributed by atoms with Crippen molar-refractivity contribution in [2.24, 2.45) is 0 Å². The van der Waals surface area contributed by atoms with Crippen molar-refractivity contribution in [3.05, 3.63) is 60.1 Å². The summed E-state index contributed by atoms with van der Waals surface area (Å²) in [5, 5.41) is 13.9. The highest BCUT2D eigenvalue weighted by Gasteiger charge is 2.12. The number of nitrogens with one attached hydrogen (secondary N) is 2. The number of hydrogen-bond acceptors (Lipinski definition) is 3. The SMILES string of the molecule is C=C(C)c1cncc(C#N)c1Nc1ccc2[nH]ccc2c1C. The van der Waals surface area contributed by atoms with Crippen molar-refractivity contribution >= 4 is 27.9 Å². The van der Waals surface area contributed by atoms with Gasteiger partial charge in [0.15, 0.2) is 0 Å². The fraction of sp³-hybridized carbons (Fsp3) is 0.111. The molecule has 0 aliphatic carbocycles. The molecule has 0 radical (unpaired) electrons. The predicted molar refractivity (Wildman–Crippen MR) is 90.0 cm³/mol. The van der Waals surface area contributed by atoms with Crippen LogP contribution in [0, 0.1) is 18.3 Å². The summed E-state index contributed by atoms with van der Waals surface area (Å²) in [6.45, 7) is 7.94. The Kier molecular flexibility index (Phi) is 3.40. The van der Waals surface area contributed by atoms with E-state index in [9.17, 15) is 5.26 Å². The van der Waals surface area contributed by atoms with Gasteiger partial charge >= 0.3 is 0 Å². The van der Waals surface area contributed by atoms with E-state index in [1.54, 1.807) is 12.4 Å². The summed E-state index contributed by atoms with van der Waals surface area (Å²) in [5.41, 5.74) is 6.18. The number of anilines is 2. The van der Waals surface area contributed by atoms with Gasteiger partial charge in [-0.15, -0.1) is 0 Å². The van der Waals surface area contributed by atoms with Gasteiger partial charge < -0.3 is 10.3 Å². The second kappa shape index (κ2) is 5.38. The van der Waals surface area contributed by atoms with Crippen LogP contribution in [0.2, 0.25) is 0 Å². The number of pyridine rings is 1. The molecule has 0 unspecified atom stereocenters. The molecule has 0 atom stereocenters. The molecule has 0 fully saturated rings. The zero-order chi connectivity index (χ0) is 15.7. The van der Waals surface area contributed by atoms with Gasteiger partial charge in [0.1, 0.15) is 6.07 Å². The first-order valence-corrected chi connectivity index (χ1v) is 6.99. The average molecular weight is 288 g/mol. The van der Waals surface area contributed by atoms with Gasteiger partial charge in [0.25, 0.3) is 0 Å². The average Bonchev–Trinajstić information content (AvgIpc) is 2.99. The first kappa shape index (κ1) is 13.9. The van der Waals surface area contributed by atoms with Gasteiger partial charge in [-0.25, -0.2) is 0 Å². The van der Waals surface area contributed by atoms with E-state index in [1.165, 1.54) is 0 Å². The maximum atomic E-state index is 9.35. The third-order valence-electron chi connectivity index (χ3n) is 3.79. The lowest BCUT2D eigenvalue weighted by molar-refractivity contribution is 1.27. The fourth-order valence-electron chi connectivity index (χ4n) is 2.56. The molecule has 3 rings (SSSR count). The standard InChI is InChI=1S/C18H16N4/c1-11(2)15-10-20-9-13(8-19)18(15)22-16-4-5-17-14(12(16)3)6-7-21-17/h4-7,9-10,21H,1H2,2-3H3,(H,20,22). The molecule has 4 nitrogen and oxygen atoms in total. The lowest BCUT2D eigenvalue weighted by atomic mass is 10.0. The summed E-state index contributed by atoms with van der Waals surface area (Å²) in [6, 6.07) is 8.28. The number of hydrogen-bond donors (Lipinski definition) is 2. The van der Waals surface area contributed by atoms with Crippen LogP contribution >= 0.6 is 0 Å². The number of H-pyrrole nitrogens is 1. The summed E-state index contributed by atoms with van der Waals surface area (Å²) in [7, 11) is 0. The van der Waals surface area contributed by atoms with Crippen molar-refractivity contribution < 1.29 is 0 Å². The second-order valence-electron chi connectivity index (χ2n) is 5.30. The van der Waals surface area contributed by atoms with E-state index in [1.807, 2.05) is 31.3 Å². The maximum absolute atomic E-state index is 9.35. The van der Waals surface area contributed by atoms with Crippen LogP contribution in [0.25, 0.3) is 16.5 Å². The van der Waals surface area contributed by atoms with Crippen molar-refractivity contribution in [1.82, 2.24) is 9.97 Å². The first-order valence-electron chi connectivity index (χ1n) is 6.99. The number of aromatic nitrogens is 2. The smallest absolute Gasteiger partial charge is 0.103 e. The Morgan fingerprint density at radius 3 is 2.86 bits per heavy atom. The van der Waals surface area contributed by atoms with E-state index in [2.05, 4.69) is 34.9 Å². The third kappa shape index (κ3) is 2.23. The molecule has 108 valence electrons. The van der Waals surface area contributed by atoms with Gasteiger partial charge in [-0.1, -0.05) is 6.58 Å². The topological polar surface area (TPSA) is 64.5 Å². The molecule has 1 aromatic carbocycles. The number of nitrogens with zero attached hydrogens (tertiary/aromatic N) is 2. The van der Waals surface area contributed by atoms with Crippen LogP contribution in [0.3, 0.4) is 0 Å². The number of rotatable bonds is 3. The highest BCUT2D eigenvalue weighted by atomic mass is 14.9. The molecule has 2 heterocycles. The molecular weight excluding hydrogens is 272 g/mol. The van der Waals surface area contributed by atoms with E-state index < -0.39 is 0 Å². The quantitative estimate of drug-likeness (QED) is 0.744. The van der Waals surface area contributed by atoms with Gasteiger partial charge in [0, 0.05) is 40.7 Å². The Balaban J connectivity index is 2.14. The molecule has 0 bridgehead atoms. The molecule has 0 aliphatic rings. The van der Waals surface area contributed by atoms with Crippen molar-refractivity contribution in [3.8, 4) is 6.07 Å². The molecule has 2 N–H and O–H groups in total. The third-order valence-corrected chi connectivity index (χ3v) is 3.79. The number of aromatic amines is 1. The predicted octanol–water partition coefficient (Wildman–Crippen LogP) is 4.52. The largest absolute Gasteiger partial charge is 0.361 e. The van der Waals surface area contributed by atoms with Crippen molar-refractivity contribution in [2.75, 3.05) is 5.32 Å². The lowest BCUT2D eigenvalue weighted by Crippen LogP contribution is -2.00. The Bertz CT molecular complexity index is 912. The Morgan fingerprint density at radius 1 is 1.32 bits per heavy atom. The molecule has 4 heteroatoms. The molecule has 3 aromatic rings. The number of benzene rings is 1. The highest BCUT2D eigenvalue weighted by Crippen LogP contribution is 2.32. The van der Waals surface area contributed by atoms with E-state index in [0.717, 1.165) is 39.0 Å². The second-order valence-corrected chi connectivity index (χ2v) is 5.30. The number of allylic oxidation sites excluding steroid dienone is 1. The molecule has 0 spiro atoms. The summed E-state index contributed by atoms with van der Waals surface area (Å²) in [6.07, 6.45) is 5.22. The van der Waals surface area contributed by atoms with Crippen LogP contribution in [-0.2, 0) is 0 Å². The van der Waals surface area contributed by atoms with E-state index in [0.29, 0.717) is 5.56 Å². The van der Waals surface area contributed by atoms with Gasteiger partial charge in [0.05, 0.1) is 11.3 Å². The van der Waals surface area contributed by atoms with E-state index >= 15 is 0 Å². The summed E-state index contributed by atoms with van der Waals surface area (Å²) in [4.78, 5) is 7.31. The maximum Gasteiger partial charge on any atom is 0.103 e. The minimum Gasteiger partial charge on any atom is -0.361 e. The van der Waals surface area contributed by atoms with Crippen LogP contribution in [0.15, 0.2) is 43.4 Å². The van der Waals surface area contributed by atoms with Crippen molar-refractivity contribution in [3.63, 3.8) is 0 Å². The summed E-state index contributed by atoms with van der Waals surface area (Å²) in [5.74, 6) is 0. The minimum atomic E-state index is 0.508. The van der Waals surface area contributed by atoms with Crippen LogP contribution in [-0.4, -0.2) is 9.97 Å². The lowest BCUT2D eigenvalue weighted by Gasteiger charge is -2.15. The molecule has 0 amide bonds. The van der Waals surface area contributed by atoms with Crippen molar-refractivity contribution in [2.45, 2.75) is 13.8 Å². The van der Waals surface area contributed by atoms with Crippen LogP contribution in [0.5, 0.6) is 0 Å². The minimum absolute atomic E-state index is 0.508. The highest BCUT2D eigenvalue weighted by molar-refractivity contribution is 5.90. The zero-order valence-corrected chi connectivity index (χ0v) is 12.6. The van der Waals surface area contributed by atoms with Gasteiger partial charge in [-0.2, -0.15) is 5.26 Å².